The van der Waals surface area contributed by atoms with Crippen molar-refractivity contribution in [1.29, 1.82) is 0 Å². The summed E-state index contributed by atoms with van der Waals surface area (Å²) in [6, 6.07) is 7.49. The molecule has 14 heteroatoms. The number of benzene rings is 2. The van der Waals surface area contributed by atoms with E-state index in [2.05, 4.69) is 4.99 Å². The van der Waals surface area contributed by atoms with Crippen LogP contribution in [0.15, 0.2) is 57.5 Å². The number of allylic oxidation sites excluding steroid dienone is 1. The molecule has 1 atom stereocenters. The van der Waals surface area contributed by atoms with Crippen molar-refractivity contribution >= 4 is 34.8 Å². The lowest BCUT2D eigenvalue weighted by Gasteiger charge is -2.25. The minimum absolute atomic E-state index is 0.0217. The normalized spacial score (nSPS) is 15.0. The van der Waals surface area contributed by atoms with Gasteiger partial charge in [0.1, 0.15) is 5.75 Å². The first-order valence-electron chi connectivity index (χ1n) is 12.0. The maximum absolute atomic E-state index is 13.7. The molecule has 0 bridgehead atoms. The van der Waals surface area contributed by atoms with Crippen molar-refractivity contribution in [3.63, 3.8) is 0 Å². The summed E-state index contributed by atoms with van der Waals surface area (Å²) in [5.41, 5.74) is -1.39. The maximum atomic E-state index is 13.7. The molecule has 0 saturated heterocycles. The third-order valence-corrected chi connectivity index (χ3v) is 6.87. The topological polar surface area (TPSA) is 176 Å². The monoisotopic (exact) mass is 568 g/mol. The van der Waals surface area contributed by atoms with Crippen LogP contribution >= 0.6 is 11.3 Å². The Balaban J connectivity index is 1.96. The summed E-state index contributed by atoms with van der Waals surface area (Å²) in [4.78, 5) is 52.3. The first-order chi connectivity index (χ1) is 18.9. The molecule has 0 radical (unpaired) electrons. The van der Waals surface area contributed by atoms with E-state index in [9.17, 15) is 34.9 Å². The highest BCUT2D eigenvalue weighted by molar-refractivity contribution is 7.07. The summed E-state index contributed by atoms with van der Waals surface area (Å²) < 4.78 is 12.2. The molecule has 13 nitrogen and oxygen atoms in total. The number of esters is 1. The molecule has 0 saturated carbocycles. The van der Waals surface area contributed by atoms with Gasteiger partial charge in [-0.2, -0.15) is 0 Å². The van der Waals surface area contributed by atoms with E-state index in [1.807, 2.05) is 13.8 Å². The summed E-state index contributed by atoms with van der Waals surface area (Å²) in [6.07, 6.45) is 1.06. The number of hydrogen-bond donors (Lipinski definition) is 1. The summed E-state index contributed by atoms with van der Waals surface area (Å²) in [6.45, 7) is 7.12. The molecule has 0 unspecified atom stereocenters. The molecular weight excluding hydrogens is 544 g/mol. The number of hydrogen-bond acceptors (Lipinski definition) is 11. The van der Waals surface area contributed by atoms with Gasteiger partial charge in [-0.05, 0) is 51.5 Å². The SMILES string of the molecule is CCOC(=O)C1=C(C)N=c2s/c(=C\c3cc([N+](=O)[O-])cc([N+](=O)[O-])c3O)c(=O)n2[C@@H]1c1ccc(OC(C)C)cc1. The highest BCUT2D eigenvalue weighted by Crippen LogP contribution is 2.35. The Morgan fingerprint density at radius 2 is 1.88 bits per heavy atom. The molecule has 0 spiro atoms. The Hall–Kier alpha value is -4.85. The lowest BCUT2D eigenvalue weighted by Crippen LogP contribution is -2.39. The molecule has 3 aromatic rings. The predicted molar refractivity (Wildman–Crippen MR) is 144 cm³/mol. The van der Waals surface area contributed by atoms with Gasteiger partial charge in [0, 0.05) is 11.6 Å². The van der Waals surface area contributed by atoms with E-state index >= 15 is 0 Å². The number of carbonyl (C=O) groups is 1. The Kier molecular flexibility index (Phi) is 7.81. The van der Waals surface area contributed by atoms with Gasteiger partial charge in [0.05, 0.1) is 50.5 Å². The van der Waals surface area contributed by atoms with Crippen LogP contribution in [0.3, 0.4) is 0 Å². The number of non-ortho nitro benzene ring substituents is 1. The second-order valence-corrected chi connectivity index (χ2v) is 9.96. The van der Waals surface area contributed by atoms with Crippen LogP contribution in [0.5, 0.6) is 11.5 Å². The minimum atomic E-state index is -0.955. The zero-order valence-corrected chi connectivity index (χ0v) is 22.6. The van der Waals surface area contributed by atoms with E-state index < -0.39 is 44.5 Å². The van der Waals surface area contributed by atoms with E-state index in [0.29, 0.717) is 23.1 Å². The average molecular weight is 569 g/mol. The minimum Gasteiger partial charge on any atom is -0.502 e. The highest BCUT2D eigenvalue weighted by Gasteiger charge is 2.33. The van der Waals surface area contributed by atoms with Gasteiger partial charge in [-0.3, -0.25) is 29.6 Å². The molecule has 1 aromatic heterocycles. The molecule has 1 N–H and O–H groups in total. The fourth-order valence-electron chi connectivity index (χ4n) is 4.23. The van der Waals surface area contributed by atoms with Crippen molar-refractivity contribution in [1.82, 2.24) is 4.57 Å². The molecule has 1 aliphatic heterocycles. The molecule has 208 valence electrons. The highest BCUT2D eigenvalue weighted by atomic mass is 32.1. The van der Waals surface area contributed by atoms with Crippen molar-refractivity contribution in [3.05, 3.63) is 98.7 Å². The fourth-order valence-corrected chi connectivity index (χ4v) is 5.27. The van der Waals surface area contributed by atoms with Crippen LogP contribution in [0.4, 0.5) is 11.4 Å². The first kappa shape index (κ1) is 28.2. The number of carbonyl (C=O) groups excluding carboxylic acids is 1. The molecule has 2 heterocycles. The first-order valence-corrected chi connectivity index (χ1v) is 12.9. The lowest BCUT2D eigenvalue weighted by atomic mass is 9.96. The quantitative estimate of drug-likeness (QED) is 0.243. The third-order valence-electron chi connectivity index (χ3n) is 5.88. The van der Waals surface area contributed by atoms with Gasteiger partial charge in [-0.15, -0.1) is 0 Å². The van der Waals surface area contributed by atoms with Gasteiger partial charge in [0.15, 0.2) is 4.80 Å². The summed E-state index contributed by atoms with van der Waals surface area (Å²) in [7, 11) is 0. The van der Waals surface area contributed by atoms with Crippen molar-refractivity contribution in [2.24, 2.45) is 4.99 Å². The average Bonchev–Trinajstić information content (AvgIpc) is 3.18. The van der Waals surface area contributed by atoms with E-state index in [1.54, 1.807) is 38.1 Å². The molecule has 2 aromatic carbocycles. The van der Waals surface area contributed by atoms with E-state index in [4.69, 9.17) is 9.47 Å². The van der Waals surface area contributed by atoms with E-state index in [1.165, 1.54) is 4.57 Å². The fraction of sp³-hybridized carbons (Fsp3) is 0.269. The molecular formula is C26H24N4O9S. The predicted octanol–water partition coefficient (Wildman–Crippen LogP) is 3.11. The number of ether oxygens (including phenoxy) is 2. The lowest BCUT2D eigenvalue weighted by molar-refractivity contribution is -0.394. The molecule has 4 rings (SSSR count). The number of thiazole rings is 1. The van der Waals surface area contributed by atoms with Gasteiger partial charge in [-0.1, -0.05) is 23.5 Å². The van der Waals surface area contributed by atoms with Crippen LogP contribution in [-0.2, 0) is 9.53 Å². The van der Waals surface area contributed by atoms with E-state index in [-0.39, 0.29) is 33.2 Å². The number of phenolic OH excluding ortho intramolecular Hbond substituents is 1. The molecule has 0 aliphatic carbocycles. The third kappa shape index (κ3) is 5.33. The van der Waals surface area contributed by atoms with Crippen LogP contribution < -0.4 is 19.6 Å². The zero-order valence-electron chi connectivity index (χ0n) is 21.8. The van der Waals surface area contributed by atoms with Gasteiger partial charge >= 0.3 is 11.7 Å². The van der Waals surface area contributed by atoms with Crippen LogP contribution in [-0.4, -0.2) is 38.2 Å². The maximum Gasteiger partial charge on any atom is 0.338 e. The van der Waals surface area contributed by atoms with Crippen molar-refractivity contribution in [3.8, 4) is 11.5 Å². The Morgan fingerprint density at radius 3 is 2.45 bits per heavy atom. The summed E-state index contributed by atoms with van der Waals surface area (Å²) in [5, 5.41) is 33.2. The Morgan fingerprint density at radius 1 is 1.20 bits per heavy atom. The van der Waals surface area contributed by atoms with Gasteiger partial charge in [-0.25, -0.2) is 9.79 Å². The zero-order chi connectivity index (χ0) is 29.3. The van der Waals surface area contributed by atoms with Crippen LogP contribution in [0, 0.1) is 20.2 Å². The number of phenols is 1. The molecule has 0 amide bonds. The van der Waals surface area contributed by atoms with Crippen molar-refractivity contribution in [2.75, 3.05) is 6.61 Å². The van der Waals surface area contributed by atoms with Gasteiger partial charge in [0.25, 0.3) is 11.2 Å². The van der Waals surface area contributed by atoms with Crippen molar-refractivity contribution < 1.29 is 29.2 Å². The second kappa shape index (κ2) is 11.1. The number of nitro groups is 2. The van der Waals surface area contributed by atoms with Crippen LogP contribution in [0.1, 0.15) is 44.9 Å². The number of aromatic hydroxyl groups is 1. The molecule has 1 aliphatic rings. The number of fused-ring (bicyclic) bond motifs is 1. The van der Waals surface area contributed by atoms with Gasteiger partial charge < -0.3 is 14.6 Å². The molecule has 40 heavy (non-hydrogen) atoms. The number of aromatic nitrogens is 1. The van der Waals surface area contributed by atoms with Gasteiger partial charge in [0.2, 0.25) is 5.75 Å². The smallest absolute Gasteiger partial charge is 0.338 e. The number of rotatable bonds is 8. The number of nitrogens with zero attached hydrogens (tertiary/aromatic N) is 4. The standard InChI is InChI=1S/C26H24N4O9S/c1-5-38-25(33)21-14(4)27-26-28(22(21)15-6-8-18(9-7-15)39-13(2)3)24(32)20(40-26)11-16-10-17(29(34)35)12-19(23(16)31)30(36)37/h6-13,22,31H,5H2,1-4H3/b20-11-/t22-/m1/s1. The Bertz CT molecular complexity index is 1740. The van der Waals surface area contributed by atoms with Crippen LogP contribution in [0.25, 0.3) is 6.08 Å². The summed E-state index contributed by atoms with van der Waals surface area (Å²) >= 11 is 0.901. The summed E-state index contributed by atoms with van der Waals surface area (Å²) in [5.74, 6) is -0.896. The van der Waals surface area contributed by atoms with E-state index in [0.717, 1.165) is 23.5 Å². The molecule has 0 fully saturated rings. The largest absolute Gasteiger partial charge is 0.502 e. The second-order valence-electron chi connectivity index (χ2n) is 8.95. The van der Waals surface area contributed by atoms with Crippen LogP contribution in [0.2, 0.25) is 0 Å². The van der Waals surface area contributed by atoms with Crippen molar-refractivity contribution in [2.45, 2.75) is 39.8 Å². The Labute approximate surface area is 230 Å². The number of nitro benzene ring substituents is 2.